The number of nitrogens with two attached hydrogens (primary N) is 1. The lowest BCUT2D eigenvalue weighted by atomic mass is 10.2. The van der Waals surface area contributed by atoms with Crippen LogP contribution in [0, 0.1) is 0 Å². The largest absolute Gasteiger partial charge is 0.327 e. The summed E-state index contributed by atoms with van der Waals surface area (Å²) in [4.78, 5) is 0.321. The molecule has 1 rings (SSSR count). The van der Waals surface area contributed by atoms with Crippen LogP contribution in [-0.4, -0.2) is 20.2 Å². The predicted molar refractivity (Wildman–Crippen MR) is 69.1 cm³/mol. The Labute approximate surface area is 105 Å². The van der Waals surface area contributed by atoms with E-state index >= 15 is 0 Å². The van der Waals surface area contributed by atoms with Gasteiger partial charge in [-0.15, -0.1) is 0 Å². The summed E-state index contributed by atoms with van der Waals surface area (Å²) >= 11 is 3.24. The molecule has 1 aromatic rings. The molecule has 0 amide bonds. The van der Waals surface area contributed by atoms with Crippen molar-refractivity contribution >= 4 is 25.8 Å². The molecule has 0 saturated carbocycles. The van der Waals surface area contributed by atoms with Crippen LogP contribution in [0.25, 0.3) is 0 Å². The van der Waals surface area contributed by atoms with Crippen LogP contribution >= 0.6 is 15.9 Å². The van der Waals surface area contributed by atoms with Crippen molar-refractivity contribution in [3.63, 3.8) is 0 Å². The van der Waals surface area contributed by atoms with Crippen LogP contribution in [-0.2, 0) is 9.84 Å². The van der Waals surface area contributed by atoms with Gasteiger partial charge in [0.2, 0.25) is 0 Å². The van der Waals surface area contributed by atoms with Crippen molar-refractivity contribution in [1.29, 1.82) is 0 Å². The standard InChI is InChI=1S/C11H16BrNO2S/c1-2-5-9(13)8-16(14,15)11-7-4-3-6-10(11)12/h3-4,6-7,9H,2,5,8,13H2,1H3. The number of hydrogen-bond donors (Lipinski definition) is 1. The van der Waals surface area contributed by atoms with E-state index in [1.165, 1.54) is 0 Å². The summed E-state index contributed by atoms with van der Waals surface area (Å²) in [7, 11) is -3.28. The molecular formula is C11H16BrNO2S. The van der Waals surface area contributed by atoms with Crippen LogP contribution in [0.5, 0.6) is 0 Å². The molecular weight excluding hydrogens is 290 g/mol. The Morgan fingerprint density at radius 2 is 2.00 bits per heavy atom. The number of rotatable bonds is 5. The molecule has 0 saturated heterocycles. The molecule has 1 unspecified atom stereocenters. The first-order valence-corrected chi connectivity index (χ1v) is 7.64. The Morgan fingerprint density at radius 1 is 1.38 bits per heavy atom. The highest BCUT2D eigenvalue weighted by Gasteiger charge is 2.20. The fourth-order valence-electron chi connectivity index (χ4n) is 1.52. The first kappa shape index (κ1) is 13.7. The Balaban J connectivity index is 2.91. The van der Waals surface area contributed by atoms with Crippen molar-refractivity contribution in [2.45, 2.75) is 30.7 Å². The second kappa shape index (κ2) is 5.80. The minimum atomic E-state index is -3.28. The molecule has 2 N–H and O–H groups in total. The summed E-state index contributed by atoms with van der Waals surface area (Å²) in [6.45, 7) is 1.99. The van der Waals surface area contributed by atoms with Gasteiger partial charge in [-0.3, -0.25) is 0 Å². The van der Waals surface area contributed by atoms with E-state index in [2.05, 4.69) is 15.9 Å². The lowest BCUT2D eigenvalue weighted by Crippen LogP contribution is -2.29. The van der Waals surface area contributed by atoms with E-state index in [4.69, 9.17) is 5.73 Å². The zero-order chi connectivity index (χ0) is 12.2. The summed E-state index contributed by atoms with van der Waals surface area (Å²) in [5.41, 5.74) is 5.76. The van der Waals surface area contributed by atoms with Gasteiger partial charge in [0.1, 0.15) is 0 Å². The molecule has 0 aliphatic rings. The molecule has 0 aromatic heterocycles. The van der Waals surface area contributed by atoms with E-state index in [-0.39, 0.29) is 11.8 Å². The molecule has 0 fully saturated rings. The summed E-state index contributed by atoms with van der Waals surface area (Å²) < 4.78 is 24.7. The fraction of sp³-hybridized carbons (Fsp3) is 0.455. The summed E-state index contributed by atoms with van der Waals surface area (Å²) in [6, 6.07) is 6.52. The quantitative estimate of drug-likeness (QED) is 0.908. The van der Waals surface area contributed by atoms with Crippen molar-refractivity contribution in [2.24, 2.45) is 5.73 Å². The Hall–Kier alpha value is -0.390. The maximum atomic E-state index is 12.0. The third-order valence-electron chi connectivity index (χ3n) is 2.26. The highest BCUT2D eigenvalue weighted by Crippen LogP contribution is 2.22. The molecule has 1 atom stereocenters. The first-order valence-electron chi connectivity index (χ1n) is 5.20. The topological polar surface area (TPSA) is 60.2 Å². The smallest absolute Gasteiger partial charge is 0.181 e. The molecule has 16 heavy (non-hydrogen) atoms. The highest BCUT2D eigenvalue weighted by atomic mass is 79.9. The monoisotopic (exact) mass is 305 g/mol. The minimum Gasteiger partial charge on any atom is -0.327 e. The van der Waals surface area contributed by atoms with E-state index in [0.29, 0.717) is 9.37 Å². The van der Waals surface area contributed by atoms with Crippen molar-refractivity contribution < 1.29 is 8.42 Å². The molecule has 0 heterocycles. The lowest BCUT2D eigenvalue weighted by Gasteiger charge is -2.11. The maximum Gasteiger partial charge on any atom is 0.181 e. The molecule has 0 radical (unpaired) electrons. The van der Waals surface area contributed by atoms with E-state index in [1.54, 1.807) is 24.3 Å². The minimum absolute atomic E-state index is 0.00343. The van der Waals surface area contributed by atoms with E-state index in [0.717, 1.165) is 12.8 Å². The molecule has 1 aromatic carbocycles. The summed E-state index contributed by atoms with van der Waals surface area (Å²) in [6.07, 6.45) is 1.62. The average Bonchev–Trinajstić information content (AvgIpc) is 2.17. The first-order chi connectivity index (χ1) is 7.47. The molecule has 3 nitrogen and oxygen atoms in total. The zero-order valence-corrected chi connectivity index (χ0v) is 11.6. The third kappa shape index (κ3) is 3.57. The van der Waals surface area contributed by atoms with Gasteiger partial charge in [-0.25, -0.2) is 8.42 Å². The maximum absolute atomic E-state index is 12.0. The second-order valence-corrected chi connectivity index (χ2v) is 6.62. The Morgan fingerprint density at radius 3 is 2.56 bits per heavy atom. The van der Waals surface area contributed by atoms with Gasteiger partial charge in [-0.2, -0.15) is 0 Å². The molecule has 90 valence electrons. The fourth-order valence-corrected chi connectivity index (χ4v) is 4.11. The average molecular weight is 306 g/mol. The summed E-state index contributed by atoms with van der Waals surface area (Å²) in [5.74, 6) is 0.00343. The van der Waals surface area contributed by atoms with Crippen molar-refractivity contribution in [1.82, 2.24) is 0 Å². The van der Waals surface area contributed by atoms with Crippen LogP contribution in [0.2, 0.25) is 0 Å². The van der Waals surface area contributed by atoms with Crippen molar-refractivity contribution in [3.05, 3.63) is 28.7 Å². The van der Waals surface area contributed by atoms with Gasteiger partial charge in [-0.05, 0) is 34.5 Å². The predicted octanol–water partition coefficient (Wildman–Crippen LogP) is 2.35. The van der Waals surface area contributed by atoms with Gasteiger partial charge in [0.05, 0.1) is 10.6 Å². The lowest BCUT2D eigenvalue weighted by molar-refractivity contribution is 0.576. The third-order valence-corrected chi connectivity index (χ3v) is 5.11. The molecule has 0 aliphatic carbocycles. The van der Waals surface area contributed by atoms with E-state index in [1.807, 2.05) is 6.92 Å². The SMILES string of the molecule is CCCC(N)CS(=O)(=O)c1ccccc1Br. The Kier molecular flexibility index (Phi) is 4.95. The highest BCUT2D eigenvalue weighted by molar-refractivity contribution is 9.10. The second-order valence-electron chi connectivity index (χ2n) is 3.76. The van der Waals surface area contributed by atoms with Gasteiger partial charge >= 0.3 is 0 Å². The van der Waals surface area contributed by atoms with Gasteiger partial charge in [-0.1, -0.05) is 25.5 Å². The van der Waals surface area contributed by atoms with Crippen LogP contribution in [0.3, 0.4) is 0 Å². The number of benzene rings is 1. The van der Waals surface area contributed by atoms with Crippen molar-refractivity contribution in [2.75, 3.05) is 5.75 Å². The molecule has 0 aliphatic heterocycles. The van der Waals surface area contributed by atoms with Crippen LogP contribution in [0.15, 0.2) is 33.6 Å². The molecule has 0 bridgehead atoms. The molecule has 5 heteroatoms. The Bertz CT molecular complexity index is 445. The van der Waals surface area contributed by atoms with Gasteiger partial charge in [0.15, 0.2) is 9.84 Å². The van der Waals surface area contributed by atoms with Crippen molar-refractivity contribution in [3.8, 4) is 0 Å². The zero-order valence-electron chi connectivity index (χ0n) is 9.19. The van der Waals surface area contributed by atoms with E-state index < -0.39 is 9.84 Å². The van der Waals surface area contributed by atoms with Crippen LogP contribution in [0.1, 0.15) is 19.8 Å². The van der Waals surface area contributed by atoms with Gasteiger partial charge in [0, 0.05) is 10.5 Å². The van der Waals surface area contributed by atoms with E-state index in [9.17, 15) is 8.42 Å². The van der Waals surface area contributed by atoms with Gasteiger partial charge < -0.3 is 5.73 Å². The van der Waals surface area contributed by atoms with Gasteiger partial charge in [0.25, 0.3) is 0 Å². The van der Waals surface area contributed by atoms with Crippen LogP contribution < -0.4 is 5.73 Å². The number of sulfone groups is 1. The summed E-state index contributed by atoms with van der Waals surface area (Å²) in [5, 5.41) is 0. The number of halogens is 1. The molecule has 0 spiro atoms. The van der Waals surface area contributed by atoms with Crippen LogP contribution in [0.4, 0.5) is 0 Å². The normalized spacial score (nSPS) is 13.7. The number of hydrogen-bond acceptors (Lipinski definition) is 3.